The lowest BCUT2D eigenvalue weighted by Gasteiger charge is -2.11. The van der Waals surface area contributed by atoms with E-state index in [1.807, 2.05) is 31.2 Å². The molecule has 6 nitrogen and oxygen atoms in total. The third-order valence-corrected chi connectivity index (χ3v) is 3.34. The summed E-state index contributed by atoms with van der Waals surface area (Å²) in [5.41, 5.74) is 0.724. The highest BCUT2D eigenvalue weighted by atomic mass is 32.1. The zero-order valence-electron chi connectivity index (χ0n) is 14.8. The van der Waals surface area contributed by atoms with Crippen LogP contribution < -0.4 is 15.4 Å². The molecule has 0 aromatic heterocycles. The van der Waals surface area contributed by atoms with Crippen LogP contribution in [0.3, 0.4) is 0 Å². The smallest absolute Gasteiger partial charge is 0.306 e. The van der Waals surface area contributed by atoms with Gasteiger partial charge in [0.2, 0.25) is 5.91 Å². The number of hydrogen-bond donors (Lipinski definition) is 2. The molecule has 0 saturated carbocycles. The quantitative estimate of drug-likeness (QED) is 0.375. The van der Waals surface area contributed by atoms with Crippen molar-refractivity contribution in [2.24, 2.45) is 0 Å². The molecule has 25 heavy (non-hydrogen) atoms. The van der Waals surface area contributed by atoms with E-state index in [2.05, 4.69) is 17.6 Å². The van der Waals surface area contributed by atoms with E-state index in [4.69, 9.17) is 21.7 Å². The van der Waals surface area contributed by atoms with Crippen LogP contribution >= 0.6 is 12.2 Å². The van der Waals surface area contributed by atoms with Gasteiger partial charge in [-0.2, -0.15) is 0 Å². The first-order valence-electron chi connectivity index (χ1n) is 8.54. The van der Waals surface area contributed by atoms with Crippen LogP contribution in [0.2, 0.25) is 0 Å². The second-order valence-electron chi connectivity index (χ2n) is 5.45. The maximum absolute atomic E-state index is 11.8. The molecule has 1 amide bonds. The highest BCUT2D eigenvalue weighted by Crippen LogP contribution is 2.17. The molecule has 0 spiro atoms. The van der Waals surface area contributed by atoms with Crippen LogP contribution in [0.15, 0.2) is 24.3 Å². The number of ether oxygens (including phenoxy) is 2. The van der Waals surface area contributed by atoms with Crippen LogP contribution in [0.25, 0.3) is 0 Å². The van der Waals surface area contributed by atoms with Gasteiger partial charge in [0.25, 0.3) is 0 Å². The lowest BCUT2D eigenvalue weighted by atomic mass is 10.3. The lowest BCUT2D eigenvalue weighted by Crippen LogP contribution is -2.34. The van der Waals surface area contributed by atoms with Gasteiger partial charge in [-0.15, -0.1) is 0 Å². The molecule has 1 aromatic rings. The number of benzene rings is 1. The molecule has 0 saturated heterocycles. The van der Waals surface area contributed by atoms with Crippen molar-refractivity contribution in [3.05, 3.63) is 24.3 Å². The van der Waals surface area contributed by atoms with Crippen molar-refractivity contribution in [2.75, 3.05) is 18.5 Å². The summed E-state index contributed by atoms with van der Waals surface area (Å²) in [4.78, 5) is 23.2. The number of carbonyl (C=O) groups is 2. The SMILES string of the molecule is CCCCOc1cccc(NC(=S)NC(=O)CCC(=O)OCCC)c1. The van der Waals surface area contributed by atoms with Crippen molar-refractivity contribution >= 4 is 34.9 Å². The average molecular weight is 366 g/mol. The van der Waals surface area contributed by atoms with Gasteiger partial charge in [0.15, 0.2) is 5.11 Å². The van der Waals surface area contributed by atoms with Gasteiger partial charge < -0.3 is 20.1 Å². The van der Waals surface area contributed by atoms with Crippen molar-refractivity contribution in [3.8, 4) is 5.75 Å². The van der Waals surface area contributed by atoms with Gasteiger partial charge in [-0.3, -0.25) is 9.59 Å². The molecular weight excluding hydrogens is 340 g/mol. The number of anilines is 1. The summed E-state index contributed by atoms with van der Waals surface area (Å²) in [6.45, 7) is 5.05. The van der Waals surface area contributed by atoms with Gasteiger partial charge in [0.05, 0.1) is 19.6 Å². The highest BCUT2D eigenvalue weighted by molar-refractivity contribution is 7.80. The molecule has 1 rings (SSSR count). The molecule has 1 aromatic carbocycles. The summed E-state index contributed by atoms with van der Waals surface area (Å²) in [6, 6.07) is 7.35. The minimum atomic E-state index is -0.382. The van der Waals surface area contributed by atoms with Gasteiger partial charge in [-0.25, -0.2) is 0 Å². The Kier molecular flexibility index (Phi) is 10.2. The second kappa shape index (κ2) is 12.2. The summed E-state index contributed by atoms with van der Waals surface area (Å²) in [5, 5.41) is 5.65. The minimum absolute atomic E-state index is 0.0323. The third kappa shape index (κ3) is 9.66. The summed E-state index contributed by atoms with van der Waals surface area (Å²) in [7, 11) is 0. The van der Waals surface area contributed by atoms with Gasteiger partial charge in [0.1, 0.15) is 5.75 Å². The highest BCUT2D eigenvalue weighted by Gasteiger charge is 2.09. The molecule has 2 N–H and O–H groups in total. The van der Waals surface area contributed by atoms with Crippen LogP contribution in [0.1, 0.15) is 46.0 Å². The molecule has 0 aliphatic heterocycles. The fourth-order valence-corrected chi connectivity index (χ4v) is 2.08. The molecular formula is C18H26N2O4S. The predicted octanol–water partition coefficient (Wildman–Crippen LogP) is 3.41. The Hall–Kier alpha value is -2.15. The Morgan fingerprint density at radius 2 is 1.92 bits per heavy atom. The first-order valence-corrected chi connectivity index (χ1v) is 8.95. The van der Waals surface area contributed by atoms with E-state index >= 15 is 0 Å². The summed E-state index contributed by atoms with van der Waals surface area (Å²) in [5.74, 6) is 0.0281. The van der Waals surface area contributed by atoms with Gasteiger partial charge in [-0.1, -0.05) is 26.3 Å². The number of unbranched alkanes of at least 4 members (excludes halogenated alkanes) is 1. The summed E-state index contributed by atoms with van der Waals surface area (Å²) >= 11 is 5.11. The standard InChI is InChI=1S/C18H26N2O4S/c1-3-5-12-23-15-8-6-7-14(13-15)19-18(25)20-16(21)9-10-17(22)24-11-4-2/h6-8,13H,3-5,9-12H2,1-2H3,(H2,19,20,21,25). The van der Waals surface area contributed by atoms with E-state index in [0.717, 1.165) is 30.7 Å². The number of rotatable bonds is 10. The van der Waals surface area contributed by atoms with E-state index in [1.165, 1.54) is 0 Å². The molecule has 0 unspecified atom stereocenters. The fourth-order valence-electron chi connectivity index (χ4n) is 1.85. The Balaban J connectivity index is 2.36. The third-order valence-electron chi connectivity index (χ3n) is 3.13. The first-order chi connectivity index (χ1) is 12.0. The molecule has 7 heteroatoms. The Labute approximate surface area is 154 Å². The monoisotopic (exact) mass is 366 g/mol. The van der Waals surface area contributed by atoms with E-state index in [9.17, 15) is 9.59 Å². The average Bonchev–Trinajstić information content (AvgIpc) is 2.58. The zero-order chi connectivity index (χ0) is 18.5. The van der Waals surface area contributed by atoms with Crippen LogP contribution in [0.5, 0.6) is 5.75 Å². The van der Waals surface area contributed by atoms with E-state index < -0.39 is 0 Å². The van der Waals surface area contributed by atoms with Gasteiger partial charge in [-0.05, 0) is 37.2 Å². The number of carbonyl (C=O) groups excluding carboxylic acids is 2. The fraction of sp³-hybridized carbons (Fsp3) is 0.500. The number of nitrogens with one attached hydrogen (secondary N) is 2. The van der Waals surface area contributed by atoms with Crippen molar-refractivity contribution in [1.82, 2.24) is 5.32 Å². The van der Waals surface area contributed by atoms with Crippen molar-refractivity contribution in [2.45, 2.75) is 46.0 Å². The molecule has 0 bridgehead atoms. The number of amides is 1. The van der Waals surface area contributed by atoms with E-state index in [-0.39, 0.29) is 29.8 Å². The number of esters is 1. The molecule has 0 atom stereocenters. The second-order valence-corrected chi connectivity index (χ2v) is 5.86. The first kappa shape index (κ1) is 20.9. The molecule has 0 fully saturated rings. The van der Waals surface area contributed by atoms with Crippen LogP contribution in [0.4, 0.5) is 5.69 Å². The minimum Gasteiger partial charge on any atom is -0.494 e. The van der Waals surface area contributed by atoms with Crippen LogP contribution in [-0.4, -0.2) is 30.2 Å². The maximum atomic E-state index is 11.8. The van der Waals surface area contributed by atoms with Crippen molar-refractivity contribution < 1.29 is 19.1 Å². The molecule has 0 aliphatic rings. The molecule has 0 aliphatic carbocycles. The predicted molar refractivity (Wildman–Crippen MR) is 102 cm³/mol. The largest absolute Gasteiger partial charge is 0.494 e. The van der Waals surface area contributed by atoms with Gasteiger partial charge in [0, 0.05) is 18.2 Å². The number of hydrogen-bond acceptors (Lipinski definition) is 5. The Morgan fingerprint density at radius 1 is 1.12 bits per heavy atom. The van der Waals surface area contributed by atoms with Crippen LogP contribution in [-0.2, 0) is 14.3 Å². The van der Waals surface area contributed by atoms with E-state index in [0.29, 0.717) is 13.2 Å². The molecule has 0 radical (unpaired) electrons. The topological polar surface area (TPSA) is 76.7 Å². The Morgan fingerprint density at radius 3 is 2.64 bits per heavy atom. The van der Waals surface area contributed by atoms with Crippen LogP contribution in [0, 0.1) is 0 Å². The molecule has 0 heterocycles. The lowest BCUT2D eigenvalue weighted by molar-refractivity contribution is -0.144. The normalized spacial score (nSPS) is 10.0. The Bertz CT molecular complexity index is 578. The summed E-state index contributed by atoms with van der Waals surface area (Å²) < 4.78 is 10.5. The molecule has 138 valence electrons. The zero-order valence-corrected chi connectivity index (χ0v) is 15.6. The van der Waals surface area contributed by atoms with Crippen molar-refractivity contribution in [1.29, 1.82) is 0 Å². The summed E-state index contributed by atoms with van der Waals surface area (Å²) in [6.07, 6.45) is 2.89. The number of thiocarbonyl (C=S) groups is 1. The maximum Gasteiger partial charge on any atom is 0.306 e. The van der Waals surface area contributed by atoms with E-state index in [1.54, 1.807) is 0 Å². The van der Waals surface area contributed by atoms with Crippen molar-refractivity contribution in [3.63, 3.8) is 0 Å². The van der Waals surface area contributed by atoms with Gasteiger partial charge >= 0.3 is 5.97 Å².